The molecule has 2 N–H and O–H groups in total. The maximum atomic E-state index is 5.88. The number of furan rings is 1. The Bertz CT molecular complexity index is 940. The van der Waals surface area contributed by atoms with E-state index < -0.39 is 0 Å². The van der Waals surface area contributed by atoms with Crippen LogP contribution in [0.3, 0.4) is 0 Å². The van der Waals surface area contributed by atoms with E-state index in [0.717, 1.165) is 5.39 Å². The zero-order valence-corrected chi connectivity index (χ0v) is 15.5. The van der Waals surface area contributed by atoms with Crippen LogP contribution in [0.1, 0.15) is 26.5 Å². The summed E-state index contributed by atoms with van der Waals surface area (Å²) >= 11 is 4.90. The number of aliphatic imine (C=N–C) groups is 1. The first-order valence-corrected chi connectivity index (χ1v) is 8.40. The topological polar surface area (TPSA) is 82.9 Å². The van der Waals surface area contributed by atoms with E-state index in [0.29, 0.717) is 22.8 Å². The van der Waals surface area contributed by atoms with E-state index in [4.69, 9.17) is 31.8 Å². The van der Waals surface area contributed by atoms with Crippen molar-refractivity contribution in [1.29, 1.82) is 0 Å². The van der Waals surface area contributed by atoms with Crippen LogP contribution in [0, 0.1) is 0 Å². The Balaban J connectivity index is 1.92. The summed E-state index contributed by atoms with van der Waals surface area (Å²) in [5.74, 6) is 1.78. The van der Waals surface area contributed by atoms with Gasteiger partial charge in [-0.25, -0.2) is 0 Å². The monoisotopic (exact) mass is 369 g/mol. The highest BCUT2D eigenvalue weighted by Gasteiger charge is 2.16. The van der Waals surface area contributed by atoms with Crippen LogP contribution in [-0.2, 0) is 0 Å². The summed E-state index contributed by atoms with van der Waals surface area (Å²) in [5.41, 5.74) is 5.92. The van der Waals surface area contributed by atoms with Gasteiger partial charge < -0.3 is 19.6 Å². The molecule has 0 atom stereocenters. The molecule has 7 heteroatoms. The molecule has 1 aromatic carbocycles. The van der Waals surface area contributed by atoms with Gasteiger partial charge in [0.05, 0.1) is 0 Å². The molecule has 0 aliphatic heterocycles. The number of fused-ring (bicyclic) bond motifs is 1. The van der Waals surface area contributed by atoms with E-state index in [-0.39, 0.29) is 16.6 Å². The maximum Gasteiger partial charge on any atom is 0.265 e. The van der Waals surface area contributed by atoms with Gasteiger partial charge in [-0.2, -0.15) is 4.99 Å². The van der Waals surface area contributed by atoms with Gasteiger partial charge in [-0.1, -0.05) is 6.07 Å². The van der Waals surface area contributed by atoms with Crippen molar-refractivity contribution in [3.8, 4) is 11.5 Å². The summed E-state index contributed by atoms with van der Waals surface area (Å²) in [6, 6.07) is 10.8. The molecule has 2 aromatic heterocycles. The molecular weight excluding hydrogens is 350 g/mol. The van der Waals surface area contributed by atoms with Gasteiger partial charge in [-0.15, -0.1) is 0 Å². The van der Waals surface area contributed by atoms with Gasteiger partial charge in [-0.3, -0.25) is 4.98 Å². The number of aromatic nitrogens is 1. The molecule has 0 bridgehead atoms. The number of thiocarbonyl (C=S) groups is 1. The fourth-order valence-electron chi connectivity index (χ4n) is 2.28. The third-order valence-electron chi connectivity index (χ3n) is 3.18. The molecule has 0 amide bonds. The van der Waals surface area contributed by atoms with Crippen LogP contribution >= 0.6 is 12.2 Å². The van der Waals surface area contributed by atoms with E-state index in [1.165, 1.54) is 0 Å². The molecule has 0 spiro atoms. The van der Waals surface area contributed by atoms with Crippen molar-refractivity contribution in [3.05, 3.63) is 54.6 Å². The lowest BCUT2D eigenvalue weighted by Gasteiger charge is -2.21. The highest BCUT2D eigenvalue weighted by molar-refractivity contribution is 7.80. The van der Waals surface area contributed by atoms with Crippen molar-refractivity contribution in [2.75, 3.05) is 0 Å². The molecule has 0 aliphatic carbocycles. The average molecular weight is 369 g/mol. The minimum atomic E-state index is -0.319. The van der Waals surface area contributed by atoms with Gasteiger partial charge in [0.1, 0.15) is 22.7 Å². The van der Waals surface area contributed by atoms with Crippen LogP contribution in [0.4, 0.5) is 0 Å². The molecule has 3 aromatic rings. The second-order valence-electron chi connectivity index (χ2n) is 6.57. The number of nitrogens with two attached hydrogens (primary N) is 1. The highest BCUT2D eigenvalue weighted by Crippen LogP contribution is 2.25. The summed E-state index contributed by atoms with van der Waals surface area (Å²) in [4.78, 5) is 8.16. The smallest absolute Gasteiger partial charge is 0.265 e. The highest BCUT2D eigenvalue weighted by atomic mass is 32.1. The Morgan fingerprint density at radius 3 is 2.65 bits per heavy atom. The first-order valence-electron chi connectivity index (χ1n) is 7.99. The van der Waals surface area contributed by atoms with E-state index >= 15 is 0 Å². The third kappa shape index (κ3) is 4.58. The lowest BCUT2D eigenvalue weighted by molar-refractivity contribution is 0.130. The van der Waals surface area contributed by atoms with Crippen molar-refractivity contribution >= 4 is 34.2 Å². The van der Waals surface area contributed by atoms with Crippen LogP contribution in [-0.4, -0.2) is 21.6 Å². The standard InChI is InChI=1S/C19H19N3O3S/c1-19(2,3)25-14-6-4-5-13(10-14)23-17(22-18(20)26)16-9-12-11-21-8-7-15(12)24-16/h4-11H,1-3H3,(H2,20,26). The van der Waals surface area contributed by atoms with E-state index in [1.54, 1.807) is 36.7 Å². The first-order chi connectivity index (χ1) is 12.3. The number of benzene rings is 1. The Hall–Kier alpha value is -2.93. The Morgan fingerprint density at radius 2 is 1.96 bits per heavy atom. The molecular formula is C19H19N3O3S. The zero-order valence-electron chi connectivity index (χ0n) is 14.7. The molecule has 0 saturated heterocycles. The number of nitrogens with zero attached hydrogens (tertiary/aromatic N) is 2. The van der Waals surface area contributed by atoms with E-state index in [2.05, 4.69) is 9.98 Å². The van der Waals surface area contributed by atoms with Crippen LogP contribution < -0.4 is 15.2 Å². The van der Waals surface area contributed by atoms with Crippen molar-refractivity contribution in [2.45, 2.75) is 26.4 Å². The predicted molar refractivity (Wildman–Crippen MR) is 105 cm³/mol. The molecule has 134 valence electrons. The maximum absolute atomic E-state index is 5.88. The lowest BCUT2D eigenvalue weighted by Crippen LogP contribution is -2.23. The molecule has 0 saturated carbocycles. The summed E-state index contributed by atoms with van der Waals surface area (Å²) in [6.45, 7) is 5.92. The fourth-order valence-corrected chi connectivity index (χ4v) is 2.37. The molecule has 26 heavy (non-hydrogen) atoms. The summed E-state index contributed by atoms with van der Waals surface area (Å²) in [7, 11) is 0. The van der Waals surface area contributed by atoms with Gasteiger partial charge in [0.15, 0.2) is 10.9 Å². The lowest BCUT2D eigenvalue weighted by atomic mass is 10.2. The van der Waals surface area contributed by atoms with Gasteiger partial charge in [0.25, 0.3) is 5.90 Å². The SMILES string of the molecule is CC(C)(C)Oc1cccc(OC(=NC(N)=S)c2cc3cnccc3o2)c1. The van der Waals surface area contributed by atoms with E-state index in [1.807, 2.05) is 32.9 Å². The van der Waals surface area contributed by atoms with E-state index in [9.17, 15) is 0 Å². The second kappa shape index (κ2) is 7.13. The second-order valence-corrected chi connectivity index (χ2v) is 6.99. The minimum Gasteiger partial charge on any atom is -0.488 e. The Morgan fingerprint density at radius 1 is 1.19 bits per heavy atom. The minimum absolute atomic E-state index is 0.0549. The first kappa shape index (κ1) is 17.9. The van der Waals surface area contributed by atoms with Crippen LogP contribution in [0.15, 0.2) is 58.2 Å². The summed E-state index contributed by atoms with van der Waals surface area (Å²) < 4.78 is 17.5. The fraction of sp³-hybridized carbons (Fsp3) is 0.211. The molecule has 0 fully saturated rings. The van der Waals surface area contributed by atoms with Gasteiger partial charge >= 0.3 is 0 Å². The number of ether oxygens (including phenoxy) is 2. The molecule has 6 nitrogen and oxygen atoms in total. The van der Waals surface area contributed by atoms with Gasteiger partial charge in [0, 0.05) is 23.8 Å². The molecule has 0 aliphatic rings. The summed E-state index contributed by atoms with van der Waals surface area (Å²) in [5, 5.41) is 0.771. The largest absolute Gasteiger partial charge is 0.488 e. The van der Waals surface area contributed by atoms with Crippen molar-refractivity contribution in [3.63, 3.8) is 0 Å². The molecule has 3 rings (SSSR count). The van der Waals surface area contributed by atoms with Crippen LogP contribution in [0.2, 0.25) is 0 Å². The number of hydrogen-bond donors (Lipinski definition) is 1. The number of rotatable bonds is 3. The predicted octanol–water partition coefficient (Wildman–Crippen LogP) is 4.07. The third-order valence-corrected chi connectivity index (χ3v) is 3.27. The van der Waals surface area contributed by atoms with Gasteiger partial charge in [-0.05, 0) is 57.3 Å². The Kier molecular flexibility index (Phi) is 4.90. The van der Waals surface area contributed by atoms with Crippen LogP contribution in [0.5, 0.6) is 11.5 Å². The zero-order chi connectivity index (χ0) is 18.7. The van der Waals surface area contributed by atoms with Crippen molar-refractivity contribution in [2.24, 2.45) is 10.7 Å². The number of hydrogen-bond acceptors (Lipinski definition) is 5. The van der Waals surface area contributed by atoms with Crippen molar-refractivity contribution in [1.82, 2.24) is 4.98 Å². The van der Waals surface area contributed by atoms with Gasteiger partial charge in [0.2, 0.25) is 0 Å². The average Bonchev–Trinajstić information content (AvgIpc) is 2.96. The summed E-state index contributed by atoms with van der Waals surface area (Å²) in [6.07, 6.45) is 3.34. The normalized spacial score (nSPS) is 12.2. The van der Waals surface area contributed by atoms with Crippen molar-refractivity contribution < 1.29 is 13.9 Å². The Labute approximate surface area is 156 Å². The molecule has 0 unspecified atom stereocenters. The van der Waals surface area contributed by atoms with Crippen LogP contribution in [0.25, 0.3) is 11.0 Å². The quantitative estimate of drug-likeness (QED) is 0.426. The molecule has 0 radical (unpaired) electrons. The number of pyridine rings is 1. The molecule has 2 heterocycles.